The van der Waals surface area contributed by atoms with Crippen molar-refractivity contribution in [1.82, 2.24) is 24.5 Å². The summed E-state index contributed by atoms with van der Waals surface area (Å²) in [6.45, 7) is 2.52. The van der Waals surface area contributed by atoms with E-state index >= 15 is 0 Å². The Morgan fingerprint density at radius 2 is 1.90 bits per heavy atom. The Morgan fingerprint density at radius 1 is 1.10 bits per heavy atom. The van der Waals surface area contributed by atoms with Crippen LogP contribution in [0.25, 0.3) is 16.9 Å². The summed E-state index contributed by atoms with van der Waals surface area (Å²) >= 11 is 0. The molecule has 8 heteroatoms. The van der Waals surface area contributed by atoms with E-state index in [1.54, 1.807) is 4.90 Å². The highest BCUT2D eigenvalue weighted by molar-refractivity contribution is 5.95. The number of benzene rings is 2. The topological polar surface area (TPSA) is 85.9 Å². The lowest BCUT2D eigenvalue weighted by atomic mass is 10.2. The summed E-state index contributed by atoms with van der Waals surface area (Å²) in [4.78, 5) is 31.8. The number of carbonyl (C=O) groups excluding carboxylic acids is 1. The Bertz CT molecular complexity index is 1290. The highest BCUT2D eigenvalue weighted by Crippen LogP contribution is 2.27. The second-order valence-electron chi connectivity index (χ2n) is 7.11. The van der Waals surface area contributed by atoms with Crippen LogP contribution >= 0.6 is 0 Å². The van der Waals surface area contributed by atoms with Crippen LogP contribution in [0.15, 0.2) is 59.7 Å². The molecule has 1 aliphatic rings. The van der Waals surface area contributed by atoms with Gasteiger partial charge in [-0.15, -0.1) is 5.10 Å². The molecule has 0 bridgehead atoms. The molecule has 144 valence electrons. The van der Waals surface area contributed by atoms with Crippen molar-refractivity contribution in [2.24, 2.45) is 0 Å². The SMILES string of the molecule is Cc1ccc(-n2nnc3c(=O)n(CC(=O)N4CCc5ccccc54)cnc32)cc1. The highest BCUT2D eigenvalue weighted by atomic mass is 16.2. The van der Waals surface area contributed by atoms with Gasteiger partial charge in [0.25, 0.3) is 5.56 Å². The highest BCUT2D eigenvalue weighted by Gasteiger charge is 2.25. The van der Waals surface area contributed by atoms with Crippen LogP contribution in [-0.4, -0.2) is 37.0 Å². The zero-order valence-electron chi connectivity index (χ0n) is 15.8. The van der Waals surface area contributed by atoms with Crippen molar-refractivity contribution in [2.75, 3.05) is 11.4 Å². The van der Waals surface area contributed by atoms with Gasteiger partial charge in [0.1, 0.15) is 12.9 Å². The predicted octanol–water partition coefficient (Wildman–Crippen LogP) is 1.87. The predicted molar refractivity (Wildman–Crippen MR) is 108 cm³/mol. The van der Waals surface area contributed by atoms with Crippen LogP contribution in [0.4, 0.5) is 5.69 Å². The second kappa shape index (κ2) is 6.66. The molecule has 2 aromatic heterocycles. The number of aryl methyl sites for hydroxylation is 1. The van der Waals surface area contributed by atoms with Crippen LogP contribution in [0.1, 0.15) is 11.1 Å². The van der Waals surface area contributed by atoms with Gasteiger partial charge in [-0.25, -0.2) is 4.98 Å². The molecular weight excluding hydrogens is 368 g/mol. The molecule has 0 N–H and O–H groups in total. The Kier molecular flexibility index (Phi) is 3.97. The van der Waals surface area contributed by atoms with Crippen LogP contribution in [0, 0.1) is 6.92 Å². The monoisotopic (exact) mass is 386 g/mol. The fourth-order valence-electron chi connectivity index (χ4n) is 3.64. The molecule has 0 fully saturated rings. The van der Waals surface area contributed by atoms with E-state index in [-0.39, 0.29) is 23.5 Å². The number of carbonyl (C=O) groups is 1. The lowest BCUT2D eigenvalue weighted by Crippen LogP contribution is -2.35. The van der Waals surface area contributed by atoms with E-state index in [4.69, 9.17) is 0 Å². The maximum atomic E-state index is 12.9. The van der Waals surface area contributed by atoms with Crippen molar-refractivity contribution in [3.63, 3.8) is 0 Å². The minimum atomic E-state index is -0.380. The molecule has 2 aromatic carbocycles. The molecule has 4 aromatic rings. The van der Waals surface area contributed by atoms with E-state index in [0.717, 1.165) is 28.9 Å². The van der Waals surface area contributed by atoms with Gasteiger partial charge in [-0.2, -0.15) is 4.68 Å². The average Bonchev–Trinajstić information content (AvgIpc) is 3.35. The number of amides is 1. The Hall–Kier alpha value is -3.81. The minimum absolute atomic E-state index is 0.0898. The number of nitrogens with zero attached hydrogens (tertiary/aromatic N) is 6. The number of aromatic nitrogens is 5. The van der Waals surface area contributed by atoms with E-state index in [1.165, 1.54) is 15.6 Å². The molecule has 0 unspecified atom stereocenters. The molecule has 0 saturated heterocycles. The third-order valence-electron chi connectivity index (χ3n) is 5.20. The molecule has 1 amide bonds. The van der Waals surface area contributed by atoms with Crippen LogP contribution in [0.2, 0.25) is 0 Å². The zero-order chi connectivity index (χ0) is 20.0. The molecule has 0 aliphatic carbocycles. The maximum absolute atomic E-state index is 12.9. The third-order valence-corrected chi connectivity index (χ3v) is 5.20. The Morgan fingerprint density at radius 3 is 2.72 bits per heavy atom. The molecular formula is C21H18N6O2. The fraction of sp³-hybridized carbons (Fsp3) is 0.190. The first kappa shape index (κ1) is 17.3. The van der Waals surface area contributed by atoms with Gasteiger partial charge in [0.15, 0.2) is 11.2 Å². The Labute approximate surface area is 166 Å². The fourth-order valence-corrected chi connectivity index (χ4v) is 3.64. The first-order valence-electron chi connectivity index (χ1n) is 9.38. The van der Waals surface area contributed by atoms with Crippen molar-refractivity contribution < 1.29 is 4.79 Å². The summed E-state index contributed by atoms with van der Waals surface area (Å²) in [6.07, 6.45) is 2.21. The molecule has 0 spiro atoms. The number of para-hydroxylation sites is 1. The number of rotatable bonds is 3. The van der Waals surface area contributed by atoms with Gasteiger partial charge in [-0.05, 0) is 37.1 Å². The van der Waals surface area contributed by atoms with E-state index in [9.17, 15) is 9.59 Å². The molecule has 0 atom stereocenters. The number of hydrogen-bond donors (Lipinski definition) is 0. The standard InChI is InChI=1S/C21H18N6O2/c1-14-6-8-16(9-7-14)27-20-19(23-24-27)21(29)25(13-22-20)12-18(28)26-11-10-15-4-2-3-5-17(15)26/h2-9,13H,10-12H2,1H3. The third kappa shape index (κ3) is 2.89. The lowest BCUT2D eigenvalue weighted by Gasteiger charge is -2.17. The molecule has 8 nitrogen and oxygen atoms in total. The van der Waals surface area contributed by atoms with Crippen molar-refractivity contribution in [3.8, 4) is 5.69 Å². The molecule has 3 heterocycles. The molecule has 0 saturated carbocycles. The van der Waals surface area contributed by atoms with Gasteiger partial charge >= 0.3 is 0 Å². The van der Waals surface area contributed by atoms with E-state index in [2.05, 4.69) is 15.3 Å². The van der Waals surface area contributed by atoms with Gasteiger partial charge in [0, 0.05) is 12.2 Å². The normalized spacial score (nSPS) is 13.1. The van der Waals surface area contributed by atoms with Crippen molar-refractivity contribution >= 4 is 22.8 Å². The summed E-state index contributed by atoms with van der Waals surface area (Å²) < 4.78 is 2.82. The molecule has 1 aliphatic heterocycles. The van der Waals surface area contributed by atoms with E-state index in [1.807, 2.05) is 55.5 Å². The number of anilines is 1. The van der Waals surface area contributed by atoms with Crippen LogP contribution < -0.4 is 10.5 Å². The molecule has 0 radical (unpaired) electrons. The van der Waals surface area contributed by atoms with E-state index < -0.39 is 0 Å². The summed E-state index contributed by atoms with van der Waals surface area (Å²) in [5.74, 6) is -0.149. The number of hydrogen-bond acceptors (Lipinski definition) is 5. The molecule has 29 heavy (non-hydrogen) atoms. The Balaban J connectivity index is 1.46. The quantitative estimate of drug-likeness (QED) is 0.537. The van der Waals surface area contributed by atoms with Crippen molar-refractivity contribution in [3.05, 3.63) is 76.3 Å². The summed E-state index contributed by atoms with van der Waals surface area (Å²) in [5, 5.41) is 8.09. The van der Waals surface area contributed by atoms with Gasteiger partial charge in [0.2, 0.25) is 5.91 Å². The van der Waals surface area contributed by atoms with Crippen LogP contribution in [-0.2, 0) is 17.8 Å². The first-order chi connectivity index (χ1) is 14.1. The summed E-state index contributed by atoms with van der Waals surface area (Å²) in [7, 11) is 0. The first-order valence-corrected chi connectivity index (χ1v) is 9.38. The van der Waals surface area contributed by atoms with Gasteiger partial charge < -0.3 is 4.90 Å². The van der Waals surface area contributed by atoms with Gasteiger partial charge in [0.05, 0.1) is 5.69 Å². The smallest absolute Gasteiger partial charge is 0.284 e. The summed E-state index contributed by atoms with van der Waals surface area (Å²) in [6, 6.07) is 15.5. The van der Waals surface area contributed by atoms with Crippen molar-refractivity contribution in [1.29, 1.82) is 0 Å². The molecule has 5 rings (SSSR count). The van der Waals surface area contributed by atoms with E-state index in [0.29, 0.717) is 12.2 Å². The minimum Gasteiger partial charge on any atom is -0.310 e. The lowest BCUT2D eigenvalue weighted by molar-refractivity contribution is -0.119. The number of fused-ring (bicyclic) bond motifs is 2. The van der Waals surface area contributed by atoms with Gasteiger partial charge in [-0.3, -0.25) is 14.2 Å². The zero-order valence-corrected chi connectivity index (χ0v) is 15.8. The van der Waals surface area contributed by atoms with Gasteiger partial charge in [-0.1, -0.05) is 41.1 Å². The largest absolute Gasteiger partial charge is 0.310 e. The van der Waals surface area contributed by atoms with Crippen LogP contribution in [0.3, 0.4) is 0 Å². The van der Waals surface area contributed by atoms with Crippen molar-refractivity contribution in [2.45, 2.75) is 19.9 Å². The summed E-state index contributed by atoms with van der Waals surface area (Å²) in [5.41, 5.74) is 4.07. The maximum Gasteiger partial charge on any atom is 0.284 e. The van der Waals surface area contributed by atoms with Crippen LogP contribution in [0.5, 0.6) is 0 Å². The average molecular weight is 386 g/mol. The second-order valence-corrected chi connectivity index (χ2v) is 7.11.